The quantitative estimate of drug-likeness (QED) is 0.750. The average molecular weight is 313 g/mol. The minimum Gasteiger partial charge on any atom is -0.387 e. The average Bonchev–Trinajstić information content (AvgIpc) is 2.52. The Morgan fingerprint density at radius 2 is 2.10 bits per heavy atom. The van der Waals surface area contributed by atoms with Crippen molar-refractivity contribution in [3.63, 3.8) is 0 Å². The van der Waals surface area contributed by atoms with Crippen molar-refractivity contribution in [3.8, 4) is 0 Å². The molecule has 7 heteroatoms. The van der Waals surface area contributed by atoms with Crippen molar-refractivity contribution in [2.45, 2.75) is 43.1 Å². The molecule has 1 aromatic heterocycles. The van der Waals surface area contributed by atoms with Gasteiger partial charge in [-0.25, -0.2) is 13.1 Å². The van der Waals surface area contributed by atoms with Crippen LogP contribution < -0.4 is 10.0 Å². The van der Waals surface area contributed by atoms with Crippen LogP contribution in [0.2, 0.25) is 0 Å². The standard InChI is InChI=1S/C14H23N3O3S/c1-15-13-7-8-16-11-14(13)21(18,19)17-9-10-20-12-5-3-2-4-6-12/h7-8,11-12,17H,2-6,9-10H2,1H3,(H,15,16). The molecule has 2 rings (SSSR count). The van der Waals surface area contributed by atoms with E-state index < -0.39 is 10.0 Å². The predicted molar refractivity (Wildman–Crippen MR) is 81.8 cm³/mol. The minimum absolute atomic E-state index is 0.158. The van der Waals surface area contributed by atoms with E-state index in [0.29, 0.717) is 12.3 Å². The van der Waals surface area contributed by atoms with Crippen LogP contribution in [0.25, 0.3) is 0 Å². The van der Waals surface area contributed by atoms with E-state index in [4.69, 9.17) is 4.74 Å². The number of sulfonamides is 1. The van der Waals surface area contributed by atoms with Crippen molar-refractivity contribution in [2.24, 2.45) is 0 Å². The van der Waals surface area contributed by atoms with Gasteiger partial charge in [0.2, 0.25) is 10.0 Å². The van der Waals surface area contributed by atoms with Crippen LogP contribution in [0.15, 0.2) is 23.4 Å². The fourth-order valence-electron chi connectivity index (χ4n) is 2.51. The fourth-order valence-corrected chi connectivity index (χ4v) is 3.68. The Bertz CT molecular complexity index is 542. The molecule has 6 nitrogen and oxygen atoms in total. The molecule has 0 radical (unpaired) electrons. The van der Waals surface area contributed by atoms with Crippen molar-refractivity contribution in [1.82, 2.24) is 9.71 Å². The normalized spacial score (nSPS) is 16.8. The lowest BCUT2D eigenvalue weighted by Gasteiger charge is -2.22. The van der Waals surface area contributed by atoms with E-state index in [2.05, 4.69) is 15.0 Å². The fraction of sp³-hybridized carbons (Fsp3) is 0.643. The van der Waals surface area contributed by atoms with Crippen LogP contribution in [0, 0.1) is 0 Å². The number of anilines is 1. The summed E-state index contributed by atoms with van der Waals surface area (Å²) >= 11 is 0. The molecular weight excluding hydrogens is 290 g/mol. The van der Waals surface area contributed by atoms with Gasteiger partial charge in [0, 0.05) is 26.0 Å². The Labute approximate surface area is 126 Å². The number of nitrogens with zero attached hydrogens (tertiary/aromatic N) is 1. The van der Waals surface area contributed by atoms with Gasteiger partial charge in [-0.1, -0.05) is 19.3 Å². The highest BCUT2D eigenvalue weighted by atomic mass is 32.2. The molecule has 0 amide bonds. The van der Waals surface area contributed by atoms with Gasteiger partial charge in [0.1, 0.15) is 4.90 Å². The molecular formula is C14H23N3O3S. The second-order valence-corrected chi connectivity index (χ2v) is 6.89. The van der Waals surface area contributed by atoms with Crippen molar-refractivity contribution < 1.29 is 13.2 Å². The van der Waals surface area contributed by atoms with Gasteiger partial charge in [-0.05, 0) is 18.9 Å². The molecule has 118 valence electrons. The molecule has 0 aliphatic heterocycles. The van der Waals surface area contributed by atoms with Crippen LogP contribution in [-0.4, -0.2) is 39.7 Å². The molecule has 0 atom stereocenters. The van der Waals surface area contributed by atoms with E-state index in [1.165, 1.54) is 25.5 Å². The summed E-state index contributed by atoms with van der Waals surface area (Å²) in [6, 6.07) is 1.63. The van der Waals surface area contributed by atoms with Crippen LogP contribution in [0.5, 0.6) is 0 Å². The SMILES string of the molecule is CNc1ccncc1S(=O)(=O)NCCOC1CCCCC1. The van der Waals surface area contributed by atoms with Crippen molar-refractivity contribution >= 4 is 15.7 Å². The zero-order chi connectivity index (χ0) is 15.1. The second-order valence-electron chi connectivity index (χ2n) is 5.15. The molecule has 0 saturated heterocycles. The molecule has 0 bridgehead atoms. The molecule has 1 heterocycles. The highest BCUT2D eigenvalue weighted by molar-refractivity contribution is 7.89. The van der Waals surface area contributed by atoms with E-state index >= 15 is 0 Å². The van der Waals surface area contributed by atoms with E-state index in [0.717, 1.165) is 12.8 Å². The predicted octanol–water partition coefficient (Wildman–Crippen LogP) is 1.75. The molecule has 1 aromatic rings. The maximum Gasteiger partial charge on any atom is 0.244 e. The lowest BCUT2D eigenvalue weighted by Crippen LogP contribution is -2.30. The summed E-state index contributed by atoms with van der Waals surface area (Å²) in [7, 11) is -1.88. The summed E-state index contributed by atoms with van der Waals surface area (Å²) in [4.78, 5) is 4.03. The summed E-state index contributed by atoms with van der Waals surface area (Å²) in [5.74, 6) is 0. The Morgan fingerprint density at radius 1 is 1.33 bits per heavy atom. The van der Waals surface area contributed by atoms with Gasteiger partial charge in [-0.15, -0.1) is 0 Å². The van der Waals surface area contributed by atoms with Gasteiger partial charge in [-0.3, -0.25) is 4.98 Å². The largest absolute Gasteiger partial charge is 0.387 e. The van der Waals surface area contributed by atoms with Crippen molar-refractivity contribution in [2.75, 3.05) is 25.5 Å². The van der Waals surface area contributed by atoms with Crippen LogP contribution in [0.3, 0.4) is 0 Å². The van der Waals surface area contributed by atoms with Gasteiger partial charge >= 0.3 is 0 Å². The summed E-state index contributed by atoms with van der Waals surface area (Å²) < 4.78 is 32.7. The van der Waals surface area contributed by atoms with E-state index in [9.17, 15) is 8.42 Å². The zero-order valence-corrected chi connectivity index (χ0v) is 13.2. The molecule has 1 aliphatic rings. The first-order chi connectivity index (χ1) is 10.1. The molecule has 1 fully saturated rings. The van der Waals surface area contributed by atoms with E-state index in [1.807, 2.05) is 0 Å². The van der Waals surface area contributed by atoms with Crippen LogP contribution in [0.4, 0.5) is 5.69 Å². The number of hydrogen-bond donors (Lipinski definition) is 2. The number of nitrogens with one attached hydrogen (secondary N) is 2. The number of hydrogen-bond acceptors (Lipinski definition) is 5. The Kier molecular flexibility index (Phi) is 5.96. The summed E-state index contributed by atoms with van der Waals surface area (Å²) in [6.07, 6.45) is 9.04. The Morgan fingerprint density at radius 3 is 2.81 bits per heavy atom. The summed E-state index contributed by atoms with van der Waals surface area (Å²) in [5, 5.41) is 2.85. The van der Waals surface area contributed by atoms with Gasteiger partial charge in [0.05, 0.1) is 18.4 Å². The van der Waals surface area contributed by atoms with Gasteiger partial charge in [0.15, 0.2) is 0 Å². The highest BCUT2D eigenvalue weighted by Crippen LogP contribution is 2.20. The number of pyridine rings is 1. The molecule has 2 N–H and O–H groups in total. The molecule has 1 saturated carbocycles. The highest BCUT2D eigenvalue weighted by Gasteiger charge is 2.18. The zero-order valence-electron chi connectivity index (χ0n) is 12.3. The Balaban J connectivity index is 1.83. The molecule has 21 heavy (non-hydrogen) atoms. The minimum atomic E-state index is -3.56. The van der Waals surface area contributed by atoms with E-state index in [1.54, 1.807) is 19.3 Å². The van der Waals surface area contributed by atoms with Crippen molar-refractivity contribution in [3.05, 3.63) is 18.5 Å². The summed E-state index contributed by atoms with van der Waals surface area (Å²) in [5.41, 5.74) is 0.533. The molecule has 0 aromatic carbocycles. The topological polar surface area (TPSA) is 80.3 Å². The first kappa shape index (κ1) is 16.2. The first-order valence-corrected chi connectivity index (χ1v) is 8.85. The van der Waals surface area contributed by atoms with Crippen LogP contribution >= 0.6 is 0 Å². The third-order valence-electron chi connectivity index (χ3n) is 3.64. The van der Waals surface area contributed by atoms with E-state index in [-0.39, 0.29) is 17.5 Å². The number of rotatable bonds is 7. The number of aromatic nitrogens is 1. The lowest BCUT2D eigenvalue weighted by atomic mass is 9.98. The van der Waals surface area contributed by atoms with Crippen LogP contribution in [0.1, 0.15) is 32.1 Å². The maximum absolute atomic E-state index is 12.2. The van der Waals surface area contributed by atoms with Crippen molar-refractivity contribution in [1.29, 1.82) is 0 Å². The second kappa shape index (κ2) is 7.72. The van der Waals surface area contributed by atoms with Crippen LogP contribution in [-0.2, 0) is 14.8 Å². The molecule has 1 aliphatic carbocycles. The number of ether oxygens (including phenoxy) is 1. The molecule has 0 unspecified atom stereocenters. The smallest absolute Gasteiger partial charge is 0.244 e. The third kappa shape index (κ3) is 4.66. The summed E-state index contributed by atoms with van der Waals surface area (Å²) in [6.45, 7) is 0.677. The maximum atomic E-state index is 12.2. The lowest BCUT2D eigenvalue weighted by molar-refractivity contribution is 0.0321. The van der Waals surface area contributed by atoms with Gasteiger partial charge < -0.3 is 10.1 Å². The first-order valence-electron chi connectivity index (χ1n) is 7.36. The molecule has 0 spiro atoms. The van der Waals surface area contributed by atoms with Gasteiger partial charge in [-0.2, -0.15) is 0 Å². The monoisotopic (exact) mass is 313 g/mol. The van der Waals surface area contributed by atoms with Gasteiger partial charge in [0.25, 0.3) is 0 Å². The Hall–Kier alpha value is -1.18. The third-order valence-corrected chi connectivity index (χ3v) is 5.13.